The molecule has 0 saturated heterocycles. The fraction of sp³-hybridized carbons (Fsp3) is 0.400. The summed E-state index contributed by atoms with van der Waals surface area (Å²) in [5.74, 6) is -0.0500. The second-order valence-electron chi connectivity index (χ2n) is 5.01. The molecule has 0 spiro atoms. The first-order chi connectivity index (χ1) is 11.0. The van der Waals surface area contributed by atoms with Crippen LogP contribution in [0.4, 0.5) is 0 Å². The van der Waals surface area contributed by atoms with Gasteiger partial charge in [-0.05, 0) is 24.6 Å². The quantitative estimate of drug-likeness (QED) is 0.745. The molecule has 0 aromatic carbocycles. The Balaban J connectivity index is 2.27. The van der Waals surface area contributed by atoms with E-state index in [0.717, 1.165) is 12.8 Å². The zero-order valence-corrected chi connectivity index (χ0v) is 13.9. The van der Waals surface area contributed by atoms with Crippen molar-refractivity contribution in [2.45, 2.75) is 31.2 Å². The fourth-order valence-corrected chi connectivity index (χ4v) is 3.53. The van der Waals surface area contributed by atoms with E-state index in [2.05, 4.69) is 9.72 Å². The van der Waals surface area contributed by atoms with E-state index < -0.39 is 16.0 Å². The monoisotopic (exact) mass is 340 g/mol. The molecule has 0 amide bonds. The minimum Gasteiger partial charge on any atom is -0.468 e. The Hall–Kier alpha value is -2.06. The molecule has 0 aliphatic carbocycles. The Bertz CT molecular complexity index is 734. The van der Waals surface area contributed by atoms with Crippen molar-refractivity contribution in [2.24, 2.45) is 0 Å². The third-order valence-corrected chi connectivity index (χ3v) is 5.20. The molecule has 2 aromatic rings. The van der Waals surface area contributed by atoms with E-state index in [1.807, 2.05) is 6.92 Å². The van der Waals surface area contributed by atoms with Crippen LogP contribution in [0.15, 0.2) is 40.0 Å². The molecule has 2 rings (SSSR count). The lowest BCUT2D eigenvalue weighted by Crippen LogP contribution is -2.31. The number of rotatable bonds is 8. The van der Waals surface area contributed by atoms with Gasteiger partial charge in [-0.2, -0.15) is 4.31 Å². The summed E-state index contributed by atoms with van der Waals surface area (Å²) >= 11 is 0. The molecule has 0 aliphatic heterocycles. The number of carbonyl (C=O) groups is 1. The zero-order chi connectivity index (χ0) is 16.9. The number of furan rings is 1. The smallest absolute Gasteiger partial charge is 0.354 e. The van der Waals surface area contributed by atoms with E-state index in [4.69, 9.17) is 4.42 Å². The minimum atomic E-state index is -3.74. The van der Waals surface area contributed by atoms with Crippen molar-refractivity contribution >= 4 is 16.0 Å². The maximum Gasteiger partial charge on any atom is 0.354 e. The summed E-state index contributed by atoms with van der Waals surface area (Å²) in [6.07, 6.45) is 4.40. The lowest BCUT2D eigenvalue weighted by atomic mass is 10.3. The van der Waals surface area contributed by atoms with Crippen LogP contribution in [0.5, 0.6) is 0 Å². The van der Waals surface area contributed by atoms with Crippen LogP contribution in [0.2, 0.25) is 0 Å². The van der Waals surface area contributed by atoms with Crippen molar-refractivity contribution in [3.8, 4) is 0 Å². The van der Waals surface area contributed by atoms with Crippen molar-refractivity contribution in [2.75, 3.05) is 13.7 Å². The first-order valence-corrected chi connectivity index (χ1v) is 8.72. The van der Waals surface area contributed by atoms with E-state index in [9.17, 15) is 13.2 Å². The summed E-state index contributed by atoms with van der Waals surface area (Å²) in [5, 5.41) is 0. The van der Waals surface area contributed by atoms with Crippen LogP contribution in [-0.2, 0) is 21.3 Å². The Morgan fingerprint density at radius 2 is 2.22 bits per heavy atom. The maximum atomic E-state index is 12.8. The summed E-state index contributed by atoms with van der Waals surface area (Å²) < 4.78 is 36.8. The predicted molar refractivity (Wildman–Crippen MR) is 83.3 cm³/mol. The number of H-pyrrole nitrogens is 1. The van der Waals surface area contributed by atoms with Crippen LogP contribution >= 0.6 is 0 Å². The average Bonchev–Trinajstić information content (AvgIpc) is 3.21. The van der Waals surface area contributed by atoms with E-state index in [1.165, 1.54) is 29.9 Å². The van der Waals surface area contributed by atoms with Crippen LogP contribution in [-0.4, -0.2) is 37.3 Å². The fourth-order valence-electron chi connectivity index (χ4n) is 2.10. The van der Waals surface area contributed by atoms with Crippen molar-refractivity contribution in [1.82, 2.24) is 9.29 Å². The molecule has 0 aliphatic rings. The van der Waals surface area contributed by atoms with Gasteiger partial charge in [-0.15, -0.1) is 0 Å². The van der Waals surface area contributed by atoms with Gasteiger partial charge in [-0.25, -0.2) is 13.2 Å². The van der Waals surface area contributed by atoms with E-state index in [0.29, 0.717) is 12.3 Å². The Morgan fingerprint density at radius 3 is 2.83 bits per heavy atom. The normalized spacial score (nSPS) is 11.8. The van der Waals surface area contributed by atoms with E-state index >= 15 is 0 Å². The number of aromatic nitrogens is 1. The lowest BCUT2D eigenvalue weighted by Gasteiger charge is -2.20. The Kier molecular flexibility index (Phi) is 5.62. The SMILES string of the molecule is CCCCN(Cc1ccco1)S(=O)(=O)c1c[nH]c(C(=O)OC)c1. The molecular formula is C15H20N2O5S. The van der Waals surface area contributed by atoms with Gasteiger partial charge in [0.1, 0.15) is 16.3 Å². The second-order valence-corrected chi connectivity index (χ2v) is 6.95. The van der Waals surface area contributed by atoms with Gasteiger partial charge in [0.05, 0.1) is 19.9 Å². The number of ether oxygens (including phenoxy) is 1. The average molecular weight is 340 g/mol. The molecule has 2 heterocycles. The molecular weight excluding hydrogens is 320 g/mol. The number of nitrogens with one attached hydrogen (secondary N) is 1. The first kappa shape index (κ1) is 17.3. The van der Waals surface area contributed by atoms with E-state index in [1.54, 1.807) is 12.1 Å². The molecule has 23 heavy (non-hydrogen) atoms. The number of hydrogen-bond acceptors (Lipinski definition) is 5. The highest BCUT2D eigenvalue weighted by Crippen LogP contribution is 2.20. The summed E-state index contributed by atoms with van der Waals surface area (Å²) in [6.45, 7) is 2.51. The van der Waals surface area contributed by atoms with Crippen LogP contribution in [0, 0.1) is 0 Å². The molecule has 0 radical (unpaired) electrons. The Morgan fingerprint density at radius 1 is 1.43 bits per heavy atom. The largest absolute Gasteiger partial charge is 0.468 e. The van der Waals surface area contributed by atoms with Gasteiger partial charge < -0.3 is 14.1 Å². The summed E-state index contributed by atoms with van der Waals surface area (Å²) in [6, 6.07) is 4.72. The molecule has 0 unspecified atom stereocenters. The molecule has 0 atom stereocenters. The number of nitrogens with zero attached hydrogens (tertiary/aromatic N) is 1. The predicted octanol–water partition coefficient (Wildman–Crippen LogP) is 2.39. The highest BCUT2D eigenvalue weighted by molar-refractivity contribution is 7.89. The molecule has 2 aromatic heterocycles. The lowest BCUT2D eigenvalue weighted by molar-refractivity contribution is 0.0594. The van der Waals surface area contributed by atoms with Gasteiger partial charge in [0.15, 0.2) is 0 Å². The number of aromatic amines is 1. The topological polar surface area (TPSA) is 92.6 Å². The van der Waals surface area contributed by atoms with Gasteiger partial charge in [-0.1, -0.05) is 13.3 Å². The van der Waals surface area contributed by atoms with Gasteiger partial charge in [-0.3, -0.25) is 0 Å². The summed E-state index contributed by atoms with van der Waals surface area (Å²) in [4.78, 5) is 14.1. The number of esters is 1. The number of sulfonamides is 1. The molecule has 0 saturated carbocycles. The molecule has 0 fully saturated rings. The van der Waals surface area contributed by atoms with Crippen LogP contribution in [0.25, 0.3) is 0 Å². The van der Waals surface area contributed by atoms with Crippen LogP contribution in [0.3, 0.4) is 0 Å². The van der Waals surface area contributed by atoms with Gasteiger partial charge >= 0.3 is 5.97 Å². The van der Waals surface area contributed by atoms with Crippen molar-refractivity contribution in [3.63, 3.8) is 0 Å². The number of carbonyl (C=O) groups excluding carboxylic acids is 1. The van der Waals surface area contributed by atoms with Crippen molar-refractivity contribution in [3.05, 3.63) is 42.1 Å². The van der Waals surface area contributed by atoms with Gasteiger partial charge in [0.2, 0.25) is 10.0 Å². The Labute approximate surface area is 135 Å². The molecule has 8 heteroatoms. The van der Waals surface area contributed by atoms with Gasteiger partial charge in [0, 0.05) is 12.7 Å². The molecule has 126 valence electrons. The standard InChI is InChI=1S/C15H20N2O5S/c1-3-4-7-17(11-12-6-5-8-22-12)23(19,20)13-9-14(16-10-13)15(18)21-2/h5-6,8-10,16H,3-4,7,11H2,1-2H3. The molecule has 7 nitrogen and oxygen atoms in total. The second kappa shape index (κ2) is 7.47. The molecule has 1 N–H and O–H groups in total. The summed E-state index contributed by atoms with van der Waals surface area (Å²) in [5.41, 5.74) is 0.0968. The van der Waals surface area contributed by atoms with Crippen molar-refractivity contribution < 1.29 is 22.4 Å². The third kappa shape index (κ3) is 4.02. The number of hydrogen-bond donors (Lipinski definition) is 1. The summed E-state index contributed by atoms with van der Waals surface area (Å²) in [7, 11) is -2.50. The first-order valence-electron chi connectivity index (χ1n) is 7.28. The molecule has 0 bridgehead atoms. The van der Waals surface area contributed by atoms with Crippen molar-refractivity contribution in [1.29, 1.82) is 0 Å². The van der Waals surface area contributed by atoms with Crippen LogP contribution in [0.1, 0.15) is 36.0 Å². The van der Waals surface area contributed by atoms with E-state index in [-0.39, 0.29) is 17.1 Å². The minimum absolute atomic E-state index is 0.0283. The number of methoxy groups -OCH3 is 1. The zero-order valence-electron chi connectivity index (χ0n) is 13.1. The third-order valence-electron chi connectivity index (χ3n) is 3.37. The van der Waals surface area contributed by atoms with Crippen LogP contribution < -0.4 is 0 Å². The maximum absolute atomic E-state index is 12.8. The van der Waals surface area contributed by atoms with Gasteiger partial charge in [0.25, 0.3) is 0 Å². The highest BCUT2D eigenvalue weighted by atomic mass is 32.2. The highest BCUT2D eigenvalue weighted by Gasteiger charge is 2.27. The number of unbranched alkanes of at least 4 members (excludes halogenated alkanes) is 1.